The average Bonchev–Trinajstić information content (AvgIpc) is 2.58. The Hall–Kier alpha value is -2.42. The molecule has 0 aromatic heterocycles. The summed E-state index contributed by atoms with van der Waals surface area (Å²) in [6.07, 6.45) is 0. The van der Waals surface area contributed by atoms with Crippen molar-refractivity contribution in [2.45, 2.75) is 18.4 Å². The van der Waals surface area contributed by atoms with Crippen LogP contribution in [0.15, 0.2) is 41.3 Å². The van der Waals surface area contributed by atoms with Gasteiger partial charge in [0.25, 0.3) is 0 Å². The molecule has 0 atom stereocenters. The highest BCUT2D eigenvalue weighted by molar-refractivity contribution is 7.89. The van der Waals surface area contributed by atoms with Crippen molar-refractivity contribution in [2.75, 3.05) is 7.11 Å². The monoisotopic (exact) mass is 397 g/mol. The first-order valence-corrected chi connectivity index (χ1v) is 9.23. The number of methoxy groups -OCH3 is 1. The Morgan fingerprint density at radius 1 is 1.15 bits per heavy atom. The van der Waals surface area contributed by atoms with Gasteiger partial charge in [0.2, 0.25) is 10.0 Å². The third-order valence-electron chi connectivity index (χ3n) is 3.53. The first-order chi connectivity index (χ1) is 12.1. The number of primary sulfonamides is 1. The Labute approximate surface area is 155 Å². The standard InChI is InChI=1S/C17H16ClNO6S/c1-10(20)11-3-6-16(24-2)12(7-11)9-25-17(21)14-8-13(26(19,22)23)4-5-15(14)18/h3-8H,9H2,1-2H3,(H2,19,22,23). The Bertz CT molecular complexity index is 971. The van der Waals surface area contributed by atoms with E-state index in [1.807, 2.05) is 0 Å². The fourth-order valence-corrected chi connectivity index (χ4v) is 2.90. The minimum atomic E-state index is -3.99. The van der Waals surface area contributed by atoms with Crippen LogP contribution in [0.25, 0.3) is 0 Å². The van der Waals surface area contributed by atoms with Crippen LogP contribution in [-0.2, 0) is 21.4 Å². The van der Waals surface area contributed by atoms with Gasteiger partial charge in [-0.1, -0.05) is 11.6 Å². The average molecular weight is 398 g/mol. The molecule has 2 N–H and O–H groups in total. The number of rotatable bonds is 6. The summed E-state index contributed by atoms with van der Waals surface area (Å²) >= 11 is 5.94. The van der Waals surface area contributed by atoms with Crippen molar-refractivity contribution in [1.29, 1.82) is 0 Å². The van der Waals surface area contributed by atoms with Crippen LogP contribution in [0.4, 0.5) is 0 Å². The number of esters is 1. The summed E-state index contributed by atoms with van der Waals surface area (Å²) in [4.78, 5) is 23.5. The quantitative estimate of drug-likeness (QED) is 0.592. The third kappa shape index (κ3) is 4.60. The molecule has 7 nitrogen and oxygen atoms in total. The Morgan fingerprint density at radius 2 is 1.85 bits per heavy atom. The summed E-state index contributed by atoms with van der Waals surface area (Å²) in [6.45, 7) is 1.22. The molecule has 0 fully saturated rings. The van der Waals surface area contributed by atoms with Gasteiger partial charge in [-0.05, 0) is 43.3 Å². The highest BCUT2D eigenvalue weighted by atomic mass is 35.5. The number of hydrogen-bond donors (Lipinski definition) is 1. The summed E-state index contributed by atoms with van der Waals surface area (Å²) in [6, 6.07) is 8.22. The lowest BCUT2D eigenvalue weighted by atomic mass is 10.1. The van der Waals surface area contributed by atoms with Gasteiger partial charge >= 0.3 is 5.97 Å². The molecule has 26 heavy (non-hydrogen) atoms. The molecule has 0 saturated heterocycles. The number of hydrogen-bond acceptors (Lipinski definition) is 6. The SMILES string of the molecule is COc1ccc(C(C)=O)cc1COC(=O)c1cc(S(N)(=O)=O)ccc1Cl. The predicted molar refractivity (Wildman–Crippen MR) is 94.9 cm³/mol. The lowest BCUT2D eigenvalue weighted by Crippen LogP contribution is -2.14. The van der Waals surface area contributed by atoms with Crippen molar-refractivity contribution in [2.24, 2.45) is 5.14 Å². The van der Waals surface area contributed by atoms with Gasteiger partial charge in [0.05, 0.1) is 22.6 Å². The highest BCUT2D eigenvalue weighted by Crippen LogP contribution is 2.24. The number of benzene rings is 2. The van der Waals surface area contributed by atoms with Crippen molar-refractivity contribution in [1.82, 2.24) is 0 Å². The Kier molecular flexibility index (Phi) is 6.01. The summed E-state index contributed by atoms with van der Waals surface area (Å²) in [5.41, 5.74) is 0.776. The number of carbonyl (C=O) groups is 2. The number of Topliss-reactive ketones (excluding diaryl/α,β-unsaturated/α-hetero) is 1. The van der Waals surface area contributed by atoms with Crippen LogP contribution in [0.2, 0.25) is 5.02 Å². The zero-order valence-corrected chi connectivity index (χ0v) is 15.6. The third-order valence-corrected chi connectivity index (χ3v) is 4.77. The minimum absolute atomic E-state index is 0.0202. The van der Waals surface area contributed by atoms with Gasteiger partial charge in [0, 0.05) is 11.1 Å². The summed E-state index contributed by atoms with van der Waals surface area (Å²) < 4.78 is 33.2. The van der Waals surface area contributed by atoms with Crippen LogP contribution in [-0.4, -0.2) is 27.3 Å². The van der Waals surface area contributed by atoms with E-state index >= 15 is 0 Å². The van der Waals surface area contributed by atoms with Gasteiger partial charge in [0.15, 0.2) is 5.78 Å². The van der Waals surface area contributed by atoms with E-state index in [0.29, 0.717) is 16.9 Å². The first-order valence-electron chi connectivity index (χ1n) is 7.31. The van der Waals surface area contributed by atoms with Crippen LogP contribution in [0, 0.1) is 0 Å². The van der Waals surface area contributed by atoms with Gasteiger partial charge in [-0.3, -0.25) is 4.79 Å². The molecule has 0 heterocycles. The molecule has 0 saturated carbocycles. The maximum absolute atomic E-state index is 12.3. The normalized spacial score (nSPS) is 11.1. The molecule has 2 rings (SSSR count). The number of ether oxygens (including phenoxy) is 2. The van der Waals surface area contributed by atoms with E-state index in [4.69, 9.17) is 26.2 Å². The number of nitrogens with two attached hydrogens (primary N) is 1. The molecule has 2 aromatic rings. The second-order valence-electron chi connectivity index (χ2n) is 5.35. The Morgan fingerprint density at radius 3 is 2.42 bits per heavy atom. The van der Waals surface area contributed by atoms with E-state index in [2.05, 4.69) is 0 Å². The topological polar surface area (TPSA) is 113 Å². The predicted octanol–water partition coefficient (Wildman–Crippen LogP) is 2.56. The number of halogens is 1. The molecule has 0 bridgehead atoms. The molecule has 0 aliphatic heterocycles. The maximum atomic E-state index is 12.3. The minimum Gasteiger partial charge on any atom is -0.496 e. The van der Waals surface area contributed by atoms with Crippen LogP contribution in [0.1, 0.15) is 33.2 Å². The molecule has 138 valence electrons. The molecule has 0 aliphatic carbocycles. The van der Waals surface area contributed by atoms with Gasteiger partial charge in [0.1, 0.15) is 12.4 Å². The number of carbonyl (C=O) groups excluding carboxylic acids is 2. The molecule has 0 aliphatic rings. The van der Waals surface area contributed by atoms with Crippen molar-refractivity contribution >= 4 is 33.4 Å². The largest absolute Gasteiger partial charge is 0.496 e. The fraction of sp³-hybridized carbons (Fsp3) is 0.176. The van der Waals surface area contributed by atoms with Gasteiger partial charge in [-0.25, -0.2) is 18.4 Å². The van der Waals surface area contributed by atoms with Gasteiger partial charge in [-0.15, -0.1) is 0 Å². The zero-order valence-electron chi connectivity index (χ0n) is 14.0. The Balaban J connectivity index is 2.27. The van der Waals surface area contributed by atoms with Crippen LogP contribution < -0.4 is 9.88 Å². The highest BCUT2D eigenvalue weighted by Gasteiger charge is 2.18. The lowest BCUT2D eigenvalue weighted by Gasteiger charge is -2.11. The molecular formula is C17H16ClNO6S. The van der Waals surface area contributed by atoms with E-state index in [1.54, 1.807) is 18.2 Å². The first kappa shape index (κ1) is 19.9. The fourth-order valence-electron chi connectivity index (χ4n) is 2.17. The van der Waals surface area contributed by atoms with Crippen LogP contribution in [0.5, 0.6) is 5.75 Å². The molecule has 0 radical (unpaired) electrons. The number of sulfonamides is 1. The summed E-state index contributed by atoms with van der Waals surface area (Å²) in [5.74, 6) is -0.549. The van der Waals surface area contributed by atoms with Crippen LogP contribution in [0.3, 0.4) is 0 Å². The molecule has 0 spiro atoms. The van der Waals surface area contributed by atoms with Crippen molar-refractivity contribution < 1.29 is 27.5 Å². The van der Waals surface area contributed by atoms with E-state index < -0.39 is 16.0 Å². The van der Waals surface area contributed by atoms with Gasteiger partial charge in [-0.2, -0.15) is 0 Å². The zero-order chi connectivity index (χ0) is 19.5. The van der Waals surface area contributed by atoms with Gasteiger partial charge < -0.3 is 9.47 Å². The van der Waals surface area contributed by atoms with E-state index in [1.165, 1.54) is 26.2 Å². The summed E-state index contributed by atoms with van der Waals surface area (Å²) in [5, 5.41) is 5.07. The second-order valence-corrected chi connectivity index (χ2v) is 7.31. The molecule has 2 aromatic carbocycles. The maximum Gasteiger partial charge on any atom is 0.340 e. The van der Waals surface area contributed by atoms with Crippen molar-refractivity contribution in [3.05, 3.63) is 58.1 Å². The smallest absolute Gasteiger partial charge is 0.340 e. The van der Waals surface area contributed by atoms with E-state index in [-0.39, 0.29) is 27.9 Å². The second kappa shape index (κ2) is 7.86. The van der Waals surface area contributed by atoms with Crippen molar-refractivity contribution in [3.63, 3.8) is 0 Å². The molecule has 0 unspecified atom stereocenters. The summed E-state index contributed by atoms with van der Waals surface area (Å²) in [7, 11) is -2.55. The van der Waals surface area contributed by atoms with Crippen LogP contribution >= 0.6 is 11.6 Å². The van der Waals surface area contributed by atoms with E-state index in [9.17, 15) is 18.0 Å². The molecule has 0 amide bonds. The molecular weight excluding hydrogens is 382 g/mol. The number of ketones is 1. The lowest BCUT2D eigenvalue weighted by molar-refractivity contribution is 0.0470. The molecule has 9 heteroatoms. The van der Waals surface area contributed by atoms with E-state index in [0.717, 1.165) is 6.07 Å². The van der Waals surface area contributed by atoms with Crippen molar-refractivity contribution in [3.8, 4) is 5.75 Å².